The molecule has 0 fully saturated rings. The molecule has 2 aromatic carbocycles. The van der Waals surface area contributed by atoms with Crippen molar-refractivity contribution in [3.8, 4) is 5.75 Å². The van der Waals surface area contributed by atoms with E-state index in [1.807, 2.05) is 24.3 Å². The average molecular weight is 369 g/mol. The lowest BCUT2D eigenvalue weighted by atomic mass is 10.2. The fourth-order valence-electron chi connectivity index (χ4n) is 2.23. The largest absolute Gasteiger partial charge is 0.497 e. The number of benzene rings is 2. The number of carbonyl (C=O) groups is 1. The molecule has 0 spiro atoms. The molecular formula is C19H17ClN4O2. The van der Waals surface area contributed by atoms with E-state index in [2.05, 4.69) is 20.6 Å². The molecule has 2 N–H and O–H groups in total. The van der Waals surface area contributed by atoms with Crippen LogP contribution in [0.3, 0.4) is 0 Å². The molecule has 0 unspecified atom stereocenters. The number of amides is 1. The fourth-order valence-corrected chi connectivity index (χ4v) is 2.42. The maximum atomic E-state index is 12.2. The molecule has 0 bridgehead atoms. The van der Waals surface area contributed by atoms with Gasteiger partial charge in [0, 0.05) is 29.6 Å². The van der Waals surface area contributed by atoms with Gasteiger partial charge in [0.15, 0.2) is 0 Å². The van der Waals surface area contributed by atoms with Crippen LogP contribution in [-0.4, -0.2) is 23.0 Å². The van der Waals surface area contributed by atoms with Crippen molar-refractivity contribution in [2.24, 2.45) is 0 Å². The third kappa shape index (κ3) is 4.70. The Morgan fingerprint density at radius 3 is 2.50 bits per heavy atom. The molecule has 132 valence electrons. The number of hydrogen-bond donors (Lipinski definition) is 2. The van der Waals surface area contributed by atoms with Gasteiger partial charge in [-0.2, -0.15) is 0 Å². The predicted molar refractivity (Wildman–Crippen MR) is 102 cm³/mol. The van der Waals surface area contributed by atoms with Gasteiger partial charge in [-0.25, -0.2) is 9.97 Å². The van der Waals surface area contributed by atoms with Crippen molar-refractivity contribution in [3.63, 3.8) is 0 Å². The van der Waals surface area contributed by atoms with E-state index in [1.165, 1.54) is 12.4 Å². The van der Waals surface area contributed by atoms with Gasteiger partial charge in [0.2, 0.25) is 5.95 Å². The van der Waals surface area contributed by atoms with E-state index in [0.29, 0.717) is 28.8 Å². The van der Waals surface area contributed by atoms with Crippen LogP contribution in [0.1, 0.15) is 15.9 Å². The molecule has 1 heterocycles. The first kappa shape index (κ1) is 17.7. The zero-order chi connectivity index (χ0) is 18.4. The summed E-state index contributed by atoms with van der Waals surface area (Å²) in [6.45, 7) is 0.568. The smallest absolute Gasteiger partial charge is 0.258 e. The Labute approximate surface area is 156 Å². The molecule has 0 saturated carbocycles. The molecule has 0 aliphatic carbocycles. The molecule has 0 aliphatic heterocycles. The van der Waals surface area contributed by atoms with Gasteiger partial charge in [-0.3, -0.25) is 4.79 Å². The summed E-state index contributed by atoms with van der Waals surface area (Å²) in [5.74, 6) is 0.953. The molecule has 6 nitrogen and oxygen atoms in total. The highest BCUT2D eigenvalue weighted by molar-refractivity contribution is 6.30. The van der Waals surface area contributed by atoms with E-state index in [-0.39, 0.29) is 5.91 Å². The number of carbonyl (C=O) groups excluding carboxylic acids is 1. The number of ether oxygens (including phenoxy) is 1. The summed E-state index contributed by atoms with van der Waals surface area (Å²) in [4.78, 5) is 20.6. The highest BCUT2D eigenvalue weighted by Crippen LogP contribution is 2.16. The number of hydrogen-bond acceptors (Lipinski definition) is 5. The van der Waals surface area contributed by atoms with Gasteiger partial charge in [0.05, 0.1) is 12.7 Å². The summed E-state index contributed by atoms with van der Waals surface area (Å²) in [7, 11) is 1.63. The minimum absolute atomic E-state index is 0.297. The molecule has 0 radical (unpaired) electrons. The Balaban J connectivity index is 1.57. The van der Waals surface area contributed by atoms with Gasteiger partial charge >= 0.3 is 0 Å². The highest BCUT2D eigenvalue weighted by atomic mass is 35.5. The van der Waals surface area contributed by atoms with Gasteiger partial charge in [0.25, 0.3) is 5.91 Å². The van der Waals surface area contributed by atoms with E-state index in [1.54, 1.807) is 31.4 Å². The van der Waals surface area contributed by atoms with E-state index >= 15 is 0 Å². The van der Waals surface area contributed by atoms with Crippen molar-refractivity contribution in [3.05, 3.63) is 77.1 Å². The first-order chi connectivity index (χ1) is 12.6. The molecule has 0 saturated heterocycles. The van der Waals surface area contributed by atoms with E-state index in [4.69, 9.17) is 16.3 Å². The second-order valence-electron chi connectivity index (χ2n) is 5.46. The number of nitrogens with one attached hydrogen (secondary N) is 2. The Morgan fingerprint density at radius 2 is 1.85 bits per heavy atom. The lowest BCUT2D eigenvalue weighted by Gasteiger charge is -2.07. The van der Waals surface area contributed by atoms with Gasteiger partial charge in [-0.1, -0.05) is 29.8 Å². The number of aromatic nitrogens is 2. The van der Waals surface area contributed by atoms with Crippen molar-refractivity contribution < 1.29 is 9.53 Å². The zero-order valence-electron chi connectivity index (χ0n) is 14.1. The molecule has 1 amide bonds. The second kappa shape index (κ2) is 8.31. The van der Waals surface area contributed by atoms with Crippen molar-refractivity contribution in [2.45, 2.75) is 6.54 Å². The molecule has 1 aromatic heterocycles. The zero-order valence-corrected chi connectivity index (χ0v) is 14.8. The second-order valence-corrected chi connectivity index (χ2v) is 5.90. The quantitative estimate of drug-likeness (QED) is 0.687. The van der Waals surface area contributed by atoms with E-state index in [0.717, 1.165) is 11.3 Å². The number of nitrogens with zero attached hydrogens (tertiary/aromatic N) is 2. The first-order valence-electron chi connectivity index (χ1n) is 7.90. The Kier molecular flexibility index (Phi) is 5.66. The van der Waals surface area contributed by atoms with Crippen LogP contribution < -0.4 is 15.4 Å². The van der Waals surface area contributed by atoms with Crippen molar-refractivity contribution in [2.75, 3.05) is 17.7 Å². The molecule has 3 aromatic rings. The maximum absolute atomic E-state index is 12.2. The summed E-state index contributed by atoms with van der Waals surface area (Å²) in [6, 6.07) is 14.6. The van der Waals surface area contributed by atoms with Crippen LogP contribution in [0.25, 0.3) is 0 Å². The monoisotopic (exact) mass is 368 g/mol. The van der Waals surface area contributed by atoms with Crippen molar-refractivity contribution in [1.82, 2.24) is 9.97 Å². The summed E-state index contributed by atoms with van der Waals surface area (Å²) in [5.41, 5.74) is 2.04. The normalized spacial score (nSPS) is 10.2. The average Bonchev–Trinajstić information content (AvgIpc) is 2.67. The van der Waals surface area contributed by atoms with Crippen LogP contribution in [0.15, 0.2) is 60.9 Å². The van der Waals surface area contributed by atoms with Gasteiger partial charge in [-0.15, -0.1) is 0 Å². The van der Waals surface area contributed by atoms with Crippen LogP contribution in [-0.2, 0) is 6.54 Å². The molecule has 26 heavy (non-hydrogen) atoms. The van der Waals surface area contributed by atoms with Crippen LogP contribution in [0.4, 0.5) is 11.6 Å². The minimum atomic E-state index is -0.297. The third-order valence-electron chi connectivity index (χ3n) is 3.61. The number of anilines is 2. The highest BCUT2D eigenvalue weighted by Gasteiger charge is 2.08. The van der Waals surface area contributed by atoms with E-state index < -0.39 is 0 Å². The standard InChI is InChI=1S/C19H17ClN4O2/c1-26-17-7-5-13(6-8-17)10-21-19-22-11-14(12-23-19)18(25)24-16-4-2-3-15(20)9-16/h2-9,11-12H,10H2,1H3,(H,24,25)(H,21,22,23). The predicted octanol–water partition coefficient (Wildman–Crippen LogP) is 4.00. The Bertz CT molecular complexity index is 883. The Morgan fingerprint density at radius 1 is 1.12 bits per heavy atom. The topological polar surface area (TPSA) is 76.1 Å². The van der Waals surface area contributed by atoms with E-state index in [9.17, 15) is 4.79 Å². The van der Waals surface area contributed by atoms with Gasteiger partial charge in [0.1, 0.15) is 5.75 Å². The van der Waals surface area contributed by atoms with Gasteiger partial charge < -0.3 is 15.4 Å². The molecular weight excluding hydrogens is 352 g/mol. The van der Waals surface area contributed by atoms with Gasteiger partial charge in [-0.05, 0) is 35.9 Å². The van der Waals surface area contributed by atoms with Crippen LogP contribution in [0.5, 0.6) is 5.75 Å². The third-order valence-corrected chi connectivity index (χ3v) is 3.84. The number of methoxy groups -OCH3 is 1. The fraction of sp³-hybridized carbons (Fsp3) is 0.105. The first-order valence-corrected chi connectivity index (χ1v) is 8.27. The van der Waals surface area contributed by atoms with Crippen molar-refractivity contribution in [1.29, 1.82) is 0 Å². The molecule has 0 atom stereocenters. The lowest BCUT2D eigenvalue weighted by Crippen LogP contribution is -2.13. The Hall–Kier alpha value is -3.12. The van der Waals surface area contributed by atoms with Crippen LogP contribution in [0, 0.1) is 0 Å². The summed E-state index contributed by atoms with van der Waals surface area (Å²) in [5, 5.41) is 6.41. The SMILES string of the molecule is COc1ccc(CNc2ncc(C(=O)Nc3cccc(Cl)c3)cn2)cc1. The van der Waals surface area contributed by atoms with Crippen LogP contribution in [0.2, 0.25) is 5.02 Å². The van der Waals surface area contributed by atoms with Crippen LogP contribution >= 0.6 is 11.6 Å². The summed E-state index contributed by atoms with van der Waals surface area (Å²) >= 11 is 5.91. The molecule has 3 rings (SSSR count). The minimum Gasteiger partial charge on any atom is -0.497 e. The maximum Gasteiger partial charge on any atom is 0.258 e. The molecule has 7 heteroatoms. The number of halogens is 1. The summed E-state index contributed by atoms with van der Waals surface area (Å²) < 4.78 is 5.13. The lowest BCUT2D eigenvalue weighted by molar-refractivity contribution is 0.102. The number of rotatable bonds is 6. The van der Waals surface area contributed by atoms with Crippen molar-refractivity contribution >= 4 is 29.1 Å². The summed E-state index contributed by atoms with van der Waals surface area (Å²) in [6.07, 6.45) is 2.95. The molecule has 0 aliphatic rings.